The van der Waals surface area contributed by atoms with Crippen molar-refractivity contribution in [3.05, 3.63) is 64.1 Å². The molecule has 0 aliphatic heterocycles. The predicted octanol–water partition coefficient (Wildman–Crippen LogP) is 4.34. The molecule has 2 rings (SSSR count). The molecule has 0 fully saturated rings. The fraction of sp³-hybridized carbons (Fsp3) is 0.417. The molecular weight excluding hydrogens is 497 g/mol. The van der Waals surface area contributed by atoms with E-state index in [4.69, 9.17) is 23.2 Å². The van der Waals surface area contributed by atoms with Crippen molar-refractivity contribution in [3.63, 3.8) is 0 Å². The van der Waals surface area contributed by atoms with Gasteiger partial charge in [0, 0.05) is 28.7 Å². The zero-order valence-corrected chi connectivity index (χ0v) is 22.1. The van der Waals surface area contributed by atoms with Crippen LogP contribution in [0.1, 0.15) is 32.8 Å². The smallest absolute Gasteiger partial charge is 0.244 e. The van der Waals surface area contributed by atoms with Crippen LogP contribution in [0, 0.1) is 5.92 Å². The van der Waals surface area contributed by atoms with Crippen LogP contribution in [0.5, 0.6) is 0 Å². The summed E-state index contributed by atoms with van der Waals surface area (Å²) in [7, 11) is -3.78. The summed E-state index contributed by atoms with van der Waals surface area (Å²) in [4.78, 5) is 28.0. The molecule has 34 heavy (non-hydrogen) atoms. The van der Waals surface area contributed by atoms with E-state index >= 15 is 0 Å². The molecular formula is C24H31Cl2N3O4S. The number of amides is 2. The molecule has 0 aliphatic carbocycles. The highest BCUT2D eigenvalue weighted by atomic mass is 35.5. The topological polar surface area (TPSA) is 86.8 Å². The van der Waals surface area contributed by atoms with Crippen molar-refractivity contribution in [3.8, 4) is 0 Å². The van der Waals surface area contributed by atoms with Crippen LogP contribution in [0.4, 0.5) is 5.69 Å². The van der Waals surface area contributed by atoms with Crippen molar-refractivity contribution in [2.24, 2.45) is 5.92 Å². The van der Waals surface area contributed by atoms with Crippen LogP contribution in [0.25, 0.3) is 0 Å². The van der Waals surface area contributed by atoms with Crippen LogP contribution < -0.4 is 9.62 Å². The van der Waals surface area contributed by atoms with E-state index in [0.717, 1.165) is 10.6 Å². The summed E-state index contributed by atoms with van der Waals surface area (Å²) < 4.78 is 26.1. The number of hydrogen-bond acceptors (Lipinski definition) is 4. The molecule has 0 spiro atoms. The lowest BCUT2D eigenvalue weighted by Crippen LogP contribution is -2.52. The Bertz CT molecular complexity index is 1070. The Morgan fingerprint density at radius 3 is 2.09 bits per heavy atom. The van der Waals surface area contributed by atoms with Gasteiger partial charge in [0.2, 0.25) is 21.8 Å². The summed E-state index contributed by atoms with van der Waals surface area (Å²) in [6, 6.07) is 12.5. The van der Waals surface area contributed by atoms with Crippen LogP contribution in [-0.4, -0.2) is 50.5 Å². The van der Waals surface area contributed by atoms with Crippen molar-refractivity contribution >= 4 is 50.7 Å². The van der Waals surface area contributed by atoms with E-state index in [-0.39, 0.29) is 18.4 Å². The molecule has 2 aromatic rings. The Morgan fingerprint density at radius 1 is 1.00 bits per heavy atom. The summed E-state index contributed by atoms with van der Waals surface area (Å²) >= 11 is 12.7. The van der Waals surface area contributed by atoms with Crippen LogP contribution in [0.15, 0.2) is 48.5 Å². The minimum absolute atomic E-state index is 0.0443. The van der Waals surface area contributed by atoms with Gasteiger partial charge >= 0.3 is 0 Å². The molecule has 7 nitrogen and oxygen atoms in total. The molecule has 0 saturated heterocycles. The molecule has 0 saturated carbocycles. The molecule has 2 amide bonds. The van der Waals surface area contributed by atoms with Crippen molar-refractivity contribution in [1.82, 2.24) is 10.2 Å². The lowest BCUT2D eigenvalue weighted by molar-refractivity contribution is -0.140. The number of rotatable bonds is 11. The van der Waals surface area contributed by atoms with Gasteiger partial charge in [-0.25, -0.2) is 8.42 Å². The molecule has 0 unspecified atom stereocenters. The molecule has 0 bridgehead atoms. The number of nitrogens with zero attached hydrogens (tertiary/aromatic N) is 2. The van der Waals surface area contributed by atoms with Gasteiger partial charge < -0.3 is 10.2 Å². The summed E-state index contributed by atoms with van der Waals surface area (Å²) in [5.41, 5.74) is 0.839. The van der Waals surface area contributed by atoms with E-state index < -0.39 is 28.5 Å². The first kappa shape index (κ1) is 28.0. The maximum atomic E-state index is 13.6. The molecule has 186 valence electrons. The molecule has 0 aromatic heterocycles. The van der Waals surface area contributed by atoms with Gasteiger partial charge in [-0.2, -0.15) is 0 Å². The van der Waals surface area contributed by atoms with Gasteiger partial charge in [-0.15, -0.1) is 0 Å². The first-order valence-corrected chi connectivity index (χ1v) is 13.6. The largest absolute Gasteiger partial charge is 0.354 e. The average Bonchev–Trinajstić information content (AvgIpc) is 2.77. The zero-order chi connectivity index (χ0) is 25.5. The van der Waals surface area contributed by atoms with Crippen LogP contribution >= 0.6 is 23.2 Å². The highest BCUT2D eigenvalue weighted by Crippen LogP contribution is 2.27. The number of sulfonamides is 1. The standard InChI is InChI=1S/C24H31Cl2N3O4S/c1-5-22(24(31)27-14-17(2)3)28(15-19-20(25)12-9-13-21(19)26)23(30)16-29(34(4,32)33)18-10-7-6-8-11-18/h6-13,17,22H,5,14-16H2,1-4H3,(H,27,31)/t22-/m0/s1. The van der Waals surface area contributed by atoms with E-state index in [1.54, 1.807) is 55.5 Å². The number of benzene rings is 2. The molecule has 1 N–H and O–H groups in total. The Labute approximate surface area is 212 Å². The number of para-hydroxylation sites is 1. The Hall–Kier alpha value is -2.29. The van der Waals surface area contributed by atoms with E-state index in [1.165, 1.54) is 4.90 Å². The lowest BCUT2D eigenvalue weighted by Gasteiger charge is -2.33. The van der Waals surface area contributed by atoms with Crippen molar-refractivity contribution < 1.29 is 18.0 Å². The molecule has 2 aromatic carbocycles. The van der Waals surface area contributed by atoms with E-state index in [2.05, 4.69) is 5.32 Å². The van der Waals surface area contributed by atoms with Gasteiger partial charge in [-0.1, -0.05) is 68.2 Å². The van der Waals surface area contributed by atoms with Gasteiger partial charge in [0.1, 0.15) is 12.6 Å². The summed E-state index contributed by atoms with van der Waals surface area (Å²) in [6.07, 6.45) is 1.36. The fourth-order valence-corrected chi connectivity index (χ4v) is 4.77. The Kier molecular flexibility index (Phi) is 10.2. The molecule has 10 heteroatoms. The number of hydrogen-bond donors (Lipinski definition) is 1. The normalized spacial score (nSPS) is 12.3. The highest BCUT2D eigenvalue weighted by Gasteiger charge is 2.32. The van der Waals surface area contributed by atoms with Gasteiger partial charge in [0.05, 0.1) is 11.9 Å². The third-order valence-corrected chi connectivity index (χ3v) is 7.03. The summed E-state index contributed by atoms with van der Waals surface area (Å²) in [6.45, 7) is 5.66. The van der Waals surface area contributed by atoms with Crippen molar-refractivity contribution in [2.45, 2.75) is 39.8 Å². The van der Waals surface area contributed by atoms with Gasteiger partial charge in [0.15, 0.2) is 0 Å². The van der Waals surface area contributed by atoms with E-state index in [1.807, 2.05) is 13.8 Å². The van der Waals surface area contributed by atoms with Gasteiger partial charge in [-0.05, 0) is 36.6 Å². The van der Waals surface area contributed by atoms with Crippen LogP contribution in [0.3, 0.4) is 0 Å². The van der Waals surface area contributed by atoms with Crippen LogP contribution in [0.2, 0.25) is 10.0 Å². The lowest BCUT2D eigenvalue weighted by atomic mass is 10.1. The van der Waals surface area contributed by atoms with Gasteiger partial charge in [-0.3, -0.25) is 13.9 Å². The fourth-order valence-electron chi connectivity index (χ4n) is 3.40. The quantitative estimate of drug-likeness (QED) is 0.470. The number of anilines is 1. The first-order valence-electron chi connectivity index (χ1n) is 11.0. The van der Waals surface area contributed by atoms with Crippen molar-refractivity contribution in [2.75, 3.05) is 23.7 Å². The van der Waals surface area contributed by atoms with E-state index in [0.29, 0.717) is 34.3 Å². The second-order valence-electron chi connectivity index (χ2n) is 8.39. The number of halogens is 2. The van der Waals surface area contributed by atoms with Crippen molar-refractivity contribution in [1.29, 1.82) is 0 Å². The predicted molar refractivity (Wildman–Crippen MR) is 138 cm³/mol. The minimum atomic E-state index is -3.78. The minimum Gasteiger partial charge on any atom is -0.354 e. The first-order chi connectivity index (χ1) is 16.0. The molecule has 1 atom stereocenters. The van der Waals surface area contributed by atoms with E-state index in [9.17, 15) is 18.0 Å². The SMILES string of the molecule is CC[C@@H](C(=O)NCC(C)C)N(Cc1c(Cl)cccc1Cl)C(=O)CN(c1ccccc1)S(C)(=O)=O. The maximum absolute atomic E-state index is 13.6. The average molecular weight is 529 g/mol. The highest BCUT2D eigenvalue weighted by molar-refractivity contribution is 7.92. The summed E-state index contributed by atoms with van der Waals surface area (Å²) in [5, 5.41) is 3.57. The molecule has 0 heterocycles. The Morgan fingerprint density at radius 2 is 1.59 bits per heavy atom. The third kappa shape index (κ3) is 7.61. The number of carbonyl (C=O) groups excluding carboxylic acids is 2. The molecule has 0 aliphatic rings. The van der Waals surface area contributed by atoms with Crippen LogP contribution in [-0.2, 0) is 26.2 Å². The second kappa shape index (κ2) is 12.4. The number of nitrogens with one attached hydrogen (secondary N) is 1. The Balaban J connectivity index is 2.46. The third-order valence-electron chi connectivity index (χ3n) is 5.18. The monoisotopic (exact) mass is 527 g/mol. The maximum Gasteiger partial charge on any atom is 0.244 e. The van der Waals surface area contributed by atoms with Gasteiger partial charge in [0.25, 0.3) is 0 Å². The molecule has 0 radical (unpaired) electrons. The second-order valence-corrected chi connectivity index (χ2v) is 11.1. The zero-order valence-electron chi connectivity index (χ0n) is 19.8. The number of carbonyl (C=O) groups is 2. The summed E-state index contributed by atoms with van der Waals surface area (Å²) in [5.74, 6) is -0.641.